The Labute approximate surface area is 143 Å². The van der Waals surface area contributed by atoms with Gasteiger partial charge in [0.25, 0.3) is 5.91 Å². The largest absolute Gasteiger partial charge is 0.378 e. The van der Waals surface area contributed by atoms with Crippen LogP contribution in [0.1, 0.15) is 10.5 Å². The van der Waals surface area contributed by atoms with E-state index in [4.69, 9.17) is 4.74 Å². The summed E-state index contributed by atoms with van der Waals surface area (Å²) in [7, 11) is 0. The summed E-state index contributed by atoms with van der Waals surface area (Å²) in [6.45, 7) is 1.76. The molecule has 9 nitrogen and oxygen atoms in total. The molecule has 1 fully saturated rings. The van der Waals surface area contributed by atoms with Crippen molar-refractivity contribution in [1.29, 1.82) is 0 Å². The second-order valence-corrected chi connectivity index (χ2v) is 5.55. The molecule has 1 aliphatic heterocycles. The number of hydrogen-bond donors (Lipinski definition) is 2. The first-order valence-corrected chi connectivity index (χ1v) is 7.98. The molecule has 0 radical (unpaired) electrons. The van der Waals surface area contributed by atoms with E-state index in [-0.39, 0.29) is 24.7 Å². The molecule has 9 heteroatoms. The number of amides is 3. The lowest BCUT2D eigenvalue weighted by atomic mass is 10.3. The number of hydrogen-bond acceptors (Lipinski definition) is 5. The van der Waals surface area contributed by atoms with Crippen LogP contribution in [0, 0.1) is 0 Å². The second kappa shape index (κ2) is 7.75. The van der Waals surface area contributed by atoms with Gasteiger partial charge in [0.2, 0.25) is 11.8 Å². The normalized spacial score (nSPS) is 14.3. The predicted octanol–water partition coefficient (Wildman–Crippen LogP) is -0.961. The average Bonchev–Trinajstić information content (AvgIpc) is 3.09. The van der Waals surface area contributed by atoms with Gasteiger partial charge in [-0.05, 0) is 18.2 Å². The van der Waals surface area contributed by atoms with Crippen LogP contribution >= 0.6 is 0 Å². The lowest BCUT2D eigenvalue weighted by Crippen LogP contribution is -2.47. The van der Waals surface area contributed by atoms with Crippen molar-refractivity contribution in [2.45, 2.75) is 0 Å². The lowest BCUT2D eigenvalue weighted by molar-refractivity contribution is -0.136. The lowest BCUT2D eigenvalue weighted by Gasteiger charge is -2.26. The highest BCUT2D eigenvalue weighted by Gasteiger charge is 2.17. The minimum absolute atomic E-state index is 0.0942. The van der Waals surface area contributed by atoms with Crippen LogP contribution in [-0.4, -0.2) is 71.6 Å². The number of nitrogens with one attached hydrogen (secondary N) is 2. The first-order valence-electron chi connectivity index (χ1n) is 7.98. The first-order chi connectivity index (χ1) is 12.1. The van der Waals surface area contributed by atoms with E-state index in [2.05, 4.69) is 15.7 Å². The van der Waals surface area contributed by atoms with Crippen LogP contribution in [0.4, 0.5) is 0 Å². The van der Waals surface area contributed by atoms with Gasteiger partial charge in [0.05, 0.1) is 31.8 Å². The van der Waals surface area contributed by atoms with Crippen LogP contribution in [0.2, 0.25) is 0 Å². The van der Waals surface area contributed by atoms with E-state index in [0.29, 0.717) is 26.3 Å². The van der Waals surface area contributed by atoms with Crippen molar-refractivity contribution in [1.82, 2.24) is 25.1 Å². The average molecular weight is 345 g/mol. The van der Waals surface area contributed by atoms with Gasteiger partial charge in [-0.3, -0.25) is 14.4 Å². The number of carbonyl (C=O) groups excluding carboxylic acids is 3. The summed E-state index contributed by atoms with van der Waals surface area (Å²) in [5.74, 6) is -1.04. The summed E-state index contributed by atoms with van der Waals surface area (Å²) in [5.41, 5.74) is 1.01. The highest BCUT2D eigenvalue weighted by atomic mass is 16.5. The van der Waals surface area contributed by atoms with Crippen LogP contribution in [0.25, 0.3) is 5.52 Å². The van der Waals surface area contributed by atoms with Crippen molar-refractivity contribution < 1.29 is 19.1 Å². The molecule has 1 saturated heterocycles. The maximum absolute atomic E-state index is 12.0. The number of carbonyl (C=O) groups is 3. The summed E-state index contributed by atoms with van der Waals surface area (Å²) in [6, 6.07) is 7.11. The molecule has 3 amide bonds. The van der Waals surface area contributed by atoms with Gasteiger partial charge in [0.1, 0.15) is 0 Å². The minimum Gasteiger partial charge on any atom is -0.378 e. The predicted molar refractivity (Wildman–Crippen MR) is 87.9 cm³/mol. The van der Waals surface area contributed by atoms with Crippen LogP contribution in [0.5, 0.6) is 0 Å². The van der Waals surface area contributed by atoms with Gasteiger partial charge in [0, 0.05) is 19.3 Å². The molecule has 0 atom stereocenters. The van der Waals surface area contributed by atoms with Crippen molar-refractivity contribution >= 4 is 23.2 Å². The van der Waals surface area contributed by atoms with E-state index in [1.165, 1.54) is 0 Å². The summed E-state index contributed by atoms with van der Waals surface area (Å²) in [4.78, 5) is 37.4. The monoisotopic (exact) mass is 345 g/mol. The zero-order valence-corrected chi connectivity index (χ0v) is 13.6. The molecule has 2 N–H and O–H groups in total. The van der Waals surface area contributed by atoms with Gasteiger partial charge < -0.3 is 20.3 Å². The Balaban J connectivity index is 1.43. The molecule has 3 rings (SSSR count). The Kier molecular flexibility index (Phi) is 5.24. The van der Waals surface area contributed by atoms with E-state index in [0.717, 1.165) is 5.52 Å². The summed E-state index contributed by atoms with van der Waals surface area (Å²) < 4.78 is 6.75. The number of ether oxygens (including phenoxy) is 1. The molecular weight excluding hydrogens is 326 g/mol. The molecule has 25 heavy (non-hydrogen) atoms. The first kappa shape index (κ1) is 16.9. The topological polar surface area (TPSA) is 105 Å². The van der Waals surface area contributed by atoms with Gasteiger partial charge in [-0.25, -0.2) is 4.52 Å². The number of pyridine rings is 1. The van der Waals surface area contributed by atoms with Gasteiger partial charge in [-0.15, -0.1) is 0 Å². The maximum atomic E-state index is 12.0. The molecule has 0 bridgehead atoms. The Morgan fingerprint density at radius 3 is 2.68 bits per heavy atom. The molecule has 2 aromatic rings. The Morgan fingerprint density at radius 1 is 1.12 bits per heavy atom. The smallest absolute Gasteiger partial charge is 0.272 e. The fraction of sp³-hybridized carbons (Fsp3) is 0.375. The molecule has 1 aliphatic rings. The van der Waals surface area contributed by atoms with Crippen LogP contribution in [0.15, 0.2) is 30.5 Å². The zero-order chi connectivity index (χ0) is 17.6. The molecule has 132 valence electrons. The summed E-state index contributed by atoms with van der Waals surface area (Å²) in [5, 5.41) is 9.12. The quantitative estimate of drug-likeness (QED) is 0.726. The number of nitrogens with zero attached hydrogens (tertiary/aromatic N) is 3. The molecule has 3 heterocycles. The fourth-order valence-corrected chi connectivity index (χ4v) is 2.46. The number of rotatable bonds is 5. The molecule has 0 aromatic carbocycles. The molecule has 0 spiro atoms. The number of morpholine rings is 1. The van der Waals surface area contributed by atoms with E-state index < -0.39 is 11.8 Å². The van der Waals surface area contributed by atoms with Crippen LogP contribution in [-0.2, 0) is 14.3 Å². The highest BCUT2D eigenvalue weighted by molar-refractivity contribution is 5.96. The third-order valence-electron chi connectivity index (χ3n) is 3.81. The van der Waals surface area contributed by atoms with Crippen molar-refractivity contribution in [3.05, 3.63) is 36.2 Å². The van der Waals surface area contributed by atoms with Crippen molar-refractivity contribution in [2.24, 2.45) is 0 Å². The molecule has 0 unspecified atom stereocenters. The number of fused-ring (bicyclic) bond motifs is 1. The third-order valence-corrected chi connectivity index (χ3v) is 3.81. The van der Waals surface area contributed by atoms with Crippen LogP contribution < -0.4 is 10.6 Å². The Morgan fingerprint density at radius 2 is 1.92 bits per heavy atom. The Bertz CT molecular complexity index is 749. The maximum Gasteiger partial charge on any atom is 0.272 e. The van der Waals surface area contributed by atoms with Crippen molar-refractivity contribution in [3.63, 3.8) is 0 Å². The third kappa shape index (κ3) is 4.32. The van der Waals surface area contributed by atoms with E-state index in [9.17, 15) is 14.4 Å². The molecule has 2 aromatic heterocycles. The Hall–Kier alpha value is -2.94. The fourth-order valence-electron chi connectivity index (χ4n) is 2.46. The van der Waals surface area contributed by atoms with Crippen LogP contribution in [0.3, 0.4) is 0 Å². The summed E-state index contributed by atoms with van der Waals surface area (Å²) in [6.07, 6.45) is 1.73. The van der Waals surface area contributed by atoms with Gasteiger partial charge in [-0.2, -0.15) is 5.10 Å². The second-order valence-electron chi connectivity index (χ2n) is 5.55. The van der Waals surface area contributed by atoms with Gasteiger partial charge in [-0.1, -0.05) is 6.07 Å². The molecule has 0 aliphatic carbocycles. The number of aromatic nitrogens is 2. The zero-order valence-electron chi connectivity index (χ0n) is 13.6. The van der Waals surface area contributed by atoms with E-state index in [1.807, 2.05) is 12.1 Å². The SMILES string of the molecule is O=C(CNC(=O)c1cc2ccccn2n1)NCC(=O)N1CCOCC1. The van der Waals surface area contributed by atoms with E-state index >= 15 is 0 Å². The minimum atomic E-state index is -0.446. The molecule has 0 saturated carbocycles. The van der Waals surface area contributed by atoms with Gasteiger partial charge in [0.15, 0.2) is 5.69 Å². The van der Waals surface area contributed by atoms with Gasteiger partial charge >= 0.3 is 0 Å². The highest BCUT2D eigenvalue weighted by Crippen LogP contribution is 2.05. The van der Waals surface area contributed by atoms with Crippen molar-refractivity contribution in [3.8, 4) is 0 Å². The standard InChI is InChI=1S/C16H19N5O4/c22-14(17-11-15(23)20-5-7-25-8-6-20)10-18-16(24)13-9-12-3-1-2-4-21(12)19-13/h1-4,9H,5-8,10-11H2,(H,17,22)(H,18,24). The van der Waals surface area contributed by atoms with Crippen molar-refractivity contribution in [2.75, 3.05) is 39.4 Å². The molecular formula is C16H19N5O4. The summed E-state index contributed by atoms with van der Waals surface area (Å²) >= 11 is 0. The van der Waals surface area contributed by atoms with E-state index in [1.54, 1.807) is 27.7 Å².